The summed E-state index contributed by atoms with van der Waals surface area (Å²) in [5, 5.41) is 0. The molecule has 4 nitrogen and oxygen atoms in total. The molecule has 1 heterocycles. The molecule has 0 aliphatic carbocycles. The van der Waals surface area contributed by atoms with Gasteiger partial charge in [-0.3, -0.25) is 14.6 Å². The highest BCUT2D eigenvalue weighted by molar-refractivity contribution is 5.79. The van der Waals surface area contributed by atoms with Gasteiger partial charge in [0.05, 0.1) is 0 Å². The Morgan fingerprint density at radius 3 is 2.25 bits per heavy atom. The molecule has 1 amide bonds. The van der Waals surface area contributed by atoms with Crippen molar-refractivity contribution in [2.24, 2.45) is 5.73 Å². The van der Waals surface area contributed by atoms with Crippen LogP contribution in [0, 0.1) is 0 Å². The number of primary amides is 1. The summed E-state index contributed by atoms with van der Waals surface area (Å²) in [5.41, 5.74) is 5.30. The third-order valence-electron chi connectivity index (χ3n) is 2.23. The number of hydrogen-bond donors (Lipinski definition) is 1. The lowest BCUT2D eigenvalue weighted by molar-refractivity contribution is -0.128. The van der Waals surface area contributed by atoms with Crippen LogP contribution in [-0.2, 0) is 4.79 Å². The van der Waals surface area contributed by atoms with Gasteiger partial charge in [0.2, 0.25) is 5.91 Å². The molecular formula is C8H17N3O. The van der Waals surface area contributed by atoms with Crippen LogP contribution < -0.4 is 5.73 Å². The number of likely N-dealkylation sites (N-methyl/N-ethyl adjacent to an activating group) is 1. The Morgan fingerprint density at radius 2 is 1.92 bits per heavy atom. The van der Waals surface area contributed by atoms with Crippen molar-refractivity contribution < 1.29 is 4.79 Å². The third-order valence-corrected chi connectivity index (χ3v) is 2.23. The van der Waals surface area contributed by atoms with Gasteiger partial charge in [0.1, 0.15) is 6.17 Å². The largest absolute Gasteiger partial charge is 0.367 e. The average molecular weight is 171 g/mol. The molecule has 0 aromatic heterocycles. The monoisotopic (exact) mass is 171 g/mol. The van der Waals surface area contributed by atoms with E-state index in [1.54, 1.807) is 0 Å². The van der Waals surface area contributed by atoms with Crippen LogP contribution in [0.1, 0.15) is 12.8 Å². The molecule has 0 spiro atoms. The van der Waals surface area contributed by atoms with Crippen molar-refractivity contribution in [3.63, 3.8) is 0 Å². The van der Waals surface area contributed by atoms with Crippen molar-refractivity contribution in [3.05, 3.63) is 0 Å². The molecule has 0 radical (unpaired) electrons. The maximum atomic E-state index is 11.1. The minimum atomic E-state index is -0.248. The number of nitrogens with zero attached hydrogens (tertiary/aromatic N) is 2. The lowest BCUT2D eigenvalue weighted by Crippen LogP contribution is -2.51. The Balaban J connectivity index is 2.58. The van der Waals surface area contributed by atoms with E-state index in [9.17, 15) is 4.79 Å². The smallest absolute Gasteiger partial charge is 0.249 e. The fourth-order valence-corrected chi connectivity index (χ4v) is 1.75. The Morgan fingerprint density at radius 1 is 1.42 bits per heavy atom. The zero-order valence-corrected chi connectivity index (χ0v) is 7.79. The number of carbonyl (C=O) groups is 1. The second kappa shape index (κ2) is 3.87. The van der Waals surface area contributed by atoms with Gasteiger partial charge >= 0.3 is 0 Å². The summed E-state index contributed by atoms with van der Waals surface area (Å²) >= 11 is 0. The van der Waals surface area contributed by atoms with E-state index in [-0.39, 0.29) is 12.1 Å². The molecule has 1 saturated heterocycles. The standard InChI is InChI=1S/C8H17N3O/c1-10(2)8(7(9)12)11-5-3-4-6-11/h8H,3-6H2,1-2H3,(H2,9,12). The number of likely N-dealkylation sites (tertiary alicyclic amines) is 1. The molecule has 1 fully saturated rings. The minimum Gasteiger partial charge on any atom is -0.367 e. The van der Waals surface area contributed by atoms with E-state index in [4.69, 9.17) is 5.73 Å². The predicted molar refractivity (Wildman–Crippen MR) is 47.5 cm³/mol. The number of rotatable bonds is 3. The van der Waals surface area contributed by atoms with E-state index in [0.29, 0.717) is 0 Å². The van der Waals surface area contributed by atoms with Crippen LogP contribution in [0.4, 0.5) is 0 Å². The van der Waals surface area contributed by atoms with Crippen LogP contribution in [0.5, 0.6) is 0 Å². The van der Waals surface area contributed by atoms with Gasteiger partial charge in [-0.1, -0.05) is 0 Å². The SMILES string of the molecule is CN(C)C(C(N)=O)N1CCCC1. The van der Waals surface area contributed by atoms with Crippen LogP contribution in [0.15, 0.2) is 0 Å². The molecule has 1 rings (SSSR count). The van der Waals surface area contributed by atoms with Crippen LogP contribution in [-0.4, -0.2) is 49.1 Å². The summed E-state index contributed by atoms with van der Waals surface area (Å²) in [6.45, 7) is 1.98. The molecule has 0 aromatic carbocycles. The van der Waals surface area contributed by atoms with E-state index < -0.39 is 0 Å². The maximum Gasteiger partial charge on any atom is 0.249 e. The van der Waals surface area contributed by atoms with Crippen LogP contribution in [0.25, 0.3) is 0 Å². The molecule has 1 unspecified atom stereocenters. The van der Waals surface area contributed by atoms with Gasteiger partial charge in [-0.15, -0.1) is 0 Å². The van der Waals surface area contributed by atoms with E-state index in [1.165, 1.54) is 12.8 Å². The molecule has 4 heteroatoms. The van der Waals surface area contributed by atoms with Gasteiger partial charge in [0.15, 0.2) is 0 Å². The number of hydrogen-bond acceptors (Lipinski definition) is 3. The zero-order chi connectivity index (χ0) is 9.14. The van der Waals surface area contributed by atoms with Crippen LogP contribution in [0.2, 0.25) is 0 Å². The maximum absolute atomic E-state index is 11.1. The second-order valence-corrected chi connectivity index (χ2v) is 3.48. The number of nitrogens with two attached hydrogens (primary N) is 1. The fourth-order valence-electron chi connectivity index (χ4n) is 1.75. The quantitative estimate of drug-likeness (QED) is 0.620. The molecule has 1 aliphatic heterocycles. The lowest BCUT2D eigenvalue weighted by Gasteiger charge is -2.29. The van der Waals surface area contributed by atoms with E-state index in [0.717, 1.165) is 13.1 Å². The third kappa shape index (κ3) is 1.95. The topological polar surface area (TPSA) is 49.6 Å². The Hall–Kier alpha value is -0.610. The van der Waals surface area contributed by atoms with Crippen molar-refractivity contribution in [1.82, 2.24) is 9.80 Å². The molecule has 0 saturated carbocycles. The highest BCUT2D eigenvalue weighted by Gasteiger charge is 2.27. The first kappa shape index (κ1) is 9.48. The van der Waals surface area contributed by atoms with E-state index in [2.05, 4.69) is 4.90 Å². The minimum absolute atomic E-state index is 0.215. The summed E-state index contributed by atoms with van der Waals surface area (Å²) in [6.07, 6.45) is 2.14. The Labute approximate surface area is 73.3 Å². The van der Waals surface area contributed by atoms with Gasteiger partial charge in [-0.2, -0.15) is 0 Å². The normalized spacial score (nSPS) is 21.6. The van der Waals surface area contributed by atoms with Crippen molar-refractivity contribution in [1.29, 1.82) is 0 Å². The Kier molecular flexibility index (Phi) is 3.05. The van der Waals surface area contributed by atoms with E-state index >= 15 is 0 Å². The summed E-state index contributed by atoms with van der Waals surface area (Å²) in [4.78, 5) is 15.1. The van der Waals surface area contributed by atoms with Crippen molar-refractivity contribution in [2.75, 3.05) is 27.2 Å². The molecule has 1 aliphatic rings. The summed E-state index contributed by atoms with van der Waals surface area (Å²) in [6, 6.07) is 0. The van der Waals surface area contributed by atoms with Gasteiger partial charge in [-0.25, -0.2) is 0 Å². The summed E-state index contributed by atoms with van der Waals surface area (Å²) in [5.74, 6) is -0.248. The van der Waals surface area contributed by atoms with Crippen LogP contribution in [0.3, 0.4) is 0 Å². The molecule has 0 aromatic rings. The molecule has 70 valence electrons. The summed E-state index contributed by atoms with van der Waals surface area (Å²) < 4.78 is 0. The van der Waals surface area contributed by atoms with Crippen molar-refractivity contribution in [3.8, 4) is 0 Å². The first-order valence-corrected chi connectivity index (χ1v) is 4.32. The highest BCUT2D eigenvalue weighted by Crippen LogP contribution is 2.12. The highest BCUT2D eigenvalue weighted by atomic mass is 16.1. The zero-order valence-electron chi connectivity index (χ0n) is 7.79. The lowest BCUT2D eigenvalue weighted by atomic mass is 10.4. The number of carbonyl (C=O) groups excluding carboxylic acids is 1. The van der Waals surface area contributed by atoms with Crippen molar-refractivity contribution >= 4 is 5.91 Å². The molecule has 12 heavy (non-hydrogen) atoms. The predicted octanol–water partition coefficient (Wildman–Crippen LogP) is -0.545. The molecule has 0 bridgehead atoms. The first-order valence-electron chi connectivity index (χ1n) is 4.32. The second-order valence-electron chi connectivity index (χ2n) is 3.48. The van der Waals surface area contributed by atoms with Crippen LogP contribution >= 0.6 is 0 Å². The van der Waals surface area contributed by atoms with Gasteiger partial charge in [0.25, 0.3) is 0 Å². The molecular weight excluding hydrogens is 154 g/mol. The number of amides is 1. The molecule has 2 N–H and O–H groups in total. The fraction of sp³-hybridized carbons (Fsp3) is 0.875. The van der Waals surface area contributed by atoms with E-state index in [1.807, 2.05) is 19.0 Å². The van der Waals surface area contributed by atoms with Crippen molar-refractivity contribution in [2.45, 2.75) is 19.0 Å². The average Bonchev–Trinajstić information content (AvgIpc) is 2.37. The molecule has 1 atom stereocenters. The summed E-state index contributed by atoms with van der Waals surface area (Å²) in [7, 11) is 3.77. The Bertz CT molecular complexity index is 164. The first-order chi connectivity index (χ1) is 5.63. The van der Waals surface area contributed by atoms with Gasteiger partial charge in [-0.05, 0) is 26.9 Å². The van der Waals surface area contributed by atoms with Gasteiger partial charge in [0, 0.05) is 13.1 Å². The van der Waals surface area contributed by atoms with Gasteiger partial charge < -0.3 is 5.73 Å².